The summed E-state index contributed by atoms with van der Waals surface area (Å²) in [5.41, 5.74) is 1.24. The summed E-state index contributed by atoms with van der Waals surface area (Å²) in [5.74, 6) is 0.833. The summed E-state index contributed by atoms with van der Waals surface area (Å²) in [7, 11) is 0. The average molecular weight is 557 g/mol. The van der Waals surface area contributed by atoms with Crippen LogP contribution in [0.1, 0.15) is 5.56 Å². The number of aromatic amines is 1. The van der Waals surface area contributed by atoms with Gasteiger partial charge in [-0.1, -0.05) is 48.5 Å². The van der Waals surface area contributed by atoms with Crippen molar-refractivity contribution in [3.63, 3.8) is 0 Å². The van der Waals surface area contributed by atoms with E-state index in [9.17, 15) is 13.2 Å². The van der Waals surface area contributed by atoms with Crippen molar-refractivity contribution in [1.29, 1.82) is 0 Å². The second-order valence-corrected chi connectivity index (χ2v) is 8.39. The first kappa shape index (κ1) is 21.4. The Hall–Kier alpha value is -3.47. The molecule has 0 spiro atoms. The fraction of sp³-hybridized carbons (Fsp3) is 0.0417. The predicted octanol–water partition coefficient (Wildman–Crippen LogP) is 7.05. The first-order chi connectivity index (χ1) is 15.9. The number of hydrogen-bond acceptors (Lipinski definition) is 4. The number of hydrogen-bond donors (Lipinski definition) is 2. The molecule has 0 radical (unpaired) electrons. The molecule has 0 aliphatic heterocycles. The third-order valence-electron chi connectivity index (χ3n) is 5.07. The van der Waals surface area contributed by atoms with Crippen LogP contribution in [0.3, 0.4) is 0 Å². The molecule has 0 saturated heterocycles. The van der Waals surface area contributed by atoms with Crippen LogP contribution in [0.2, 0.25) is 0 Å². The molecule has 33 heavy (non-hydrogen) atoms. The van der Waals surface area contributed by atoms with E-state index in [-0.39, 0.29) is 11.4 Å². The van der Waals surface area contributed by atoms with E-state index in [1.165, 1.54) is 12.1 Å². The molecule has 3 aromatic carbocycles. The normalized spacial score (nSPS) is 11.6. The number of anilines is 2. The highest BCUT2D eigenvalue weighted by atomic mass is 127. The van der Waals surface area contributed by atoms with Gasteiger partial charge in [0.2, 0.25) is 0 Å². The van der Waals surface area contributed by atoms with Gasteiger partial charge in [-0.3, -0.25) is 5.10 Å². The molecule has 164 valence electrons. The van der Waals surface area contributed by atoms with Gasteiger partial charge in [-0.2, -0.15) is 18.3 Å². The van der Waals surface area contributed by atoms with E-state index >= 15 is 0 Å². The number of nitrogens with one attached hydrogen (secondary N) is 2. The molecule has 9 heteroatoms. The fourth-order valence-corrected chi connectivity index (χ4v) is 4.21. The second kappa shape index (κ2) is 8.47. The highest BCUT2D eigenvalue weighted by Gasteiger charge is 2.34. The average Bonchev–Trinajstić information content (AvgIpc) is 3.21. The van der Waals surface area contributed by atoms with E-state index in [1.807, 2.05) is 48.5 Å². The van der Waals surface area contributed by atoms with Crippen molar-refractivity contribution in [2.24, 2.45) is 0 Å². The van der Waals surface area contributed by atoms with E-state index < -0.39 is 11.7 Å². The van der Waals surface area contributed by atoms with E-state index in [2.05, 4.69) is 48.1 Å². The Morgan fingerprint density at radius 2 is 1.52 bits per heavy atom. The van der Waals surface area contributed by atoms with Crippen molar-refractivity contribution in [2.45, 2.75) is 6.18 Å². The molecule has 5 nitrogen and oxygen atoms in total. The lowest BCUT2D eigenvalue weighted by molar-refractivity contribution is -0.137. The molecular weight excluding hydrogens is 542 g/mol. The van der Waals surface area contributed by atoms with E-state index in [0.717, 1.165) is 26.1 Å². The maximum atomic E-state index is 13.7. The molecule has 5 rings (SSSR count). The van der Waals surface area contributed by atoms with E-state index in [0.29, 0.717) is 17.3 Å². The van der Waals surface area contributed by atoms with Gasteiger partial charge in [-0.05, 0) is 46.9 Å². The van der Waals surface area contributed by atoms with Crippen molar-refractivity contribution in [3.8, 4) is 22.6 Å². The van der Waals surface area contributed by atoms with Crippen LogP contribution in [0.25, 0.3) is 33.5 Å². The molecule has 5 aromatic rings. The second-order valence-electron chi connectivity index (χ2n) is 7.23. The standard InChI is InChI=1S/C24H15F3IN5/c25-24(26,27)17-10-4-1-7-14(17)22-29-20(15-8-2-5-11-18(15)28)13-21(30-22)31-23-16-9-3-6-12-19(16)32-33-23/h1-13H,(H2,29,30,31,32,33). The van der Waals surface area contributed by atoms with Gasteiger partial charge in [-0.15, -0.1) is 0 Å². The van der Waals surface area contributed by atoms with Gasteiger partial charge in [0.1, 0.15) is 5.82 Å². The lowest BCUT2D eigenvalue weighted by Gasteiger charge is -2.14. The maximum Gasteiger partial charge on any atom is 0.417 e. The van der Waals surface area contributed by atoms with Crippen LogP contribution in [-0.4, -0.2) is 20.2 Å². The molecule has 0 saturated carbocycles. The highest BCUT2D eigenvalue weighted by molar-refractivity contribution is 14.1. The first-order valence-corrected chi connectivity index (χ1v) is 11.0. The Morgan fingerprint density at radius 1 is 0.818 bits per heavy atom. The molecule has 2 N–H and O–H groups in total. The third-order valence-corrected chi connectivity index (χ3v) is 6.01. The smallest absolute Gasteiger partial charge is 0.323 e. The number of rotatable bonds is 4. The lowest BCUT2D eigenvalue weighted by Crippen LogP contribution is -2.09. The number of nitrogens with zero attached hydrogens (tertiary/aromatic N) is 3. The van der Waals surface area contributed by atoms with Gasteiger partial charge in [-0.25, -0.2) is 9.97 Å². The molecule has 0 atom stereocenters. The highest BCUT2D eigenvalue weighted by Crippen LogP contribution is 2.37. The molecule has 2 aromatic heterocycles. The number of aromatic nitrogens is 4. The molecule has 0 amide bonds. The summed E-state index contributed by atoms with van der Waals surface area (Å²) in [6.45, 7) is 0. The van der Waals surface area contributed by atoms with Crippen LogP contribution in [0.4, 0.5) is 24.8 Å². The number of alkyl halides is 3. The largest absolute Gasteiger partial charge is 0.417 e. The van der Waals surface area contributed by atoms with Crippen LogP contribution < -0.4 is 5.32 Å². The summed E-state index contributed by atoms with van der Waals surface area (Å²) >= 11 is 2.18. The Labute approximate surface area is 200 Å². The third kappa shape index (κ3) is 4.28. The van der Waals surface area contributed by atoms with Crippen LogP contribution in [0.15, 0.2) is 78.9 Å². The zero-order valence-electron chi connectivity index (χ0n) is 16.9. The van der Waals surface area contributed by atoms with Gasteiger partial charge in [0, 0.05) is 26.1 Å². The first-order valence-electron chi connectivity index (χ1n) is 9.91. The number of benzene rings is 3. The molecule has 2 heterocycles. The number of fused-ring (bicyclic) bond motifs is 1. The minimum atomic E-state index is -4.54. The van der Waals surface area contributed by atoms with Crippen molar-refractivity contribution in [3.05, 3.63) is 88.0 Å². The van der Waals surface area contributed by atoms with Crippen LogP contribution in [0.5, 0.6) is 0 Å². The molecular formula is C24H15F3IN5. The lowest BCUT2D eigenvalue weighted by atomic mass is 10.1. The topological polar surface area (TPSA) is 66.5 Å². The molecule has 0 aliphatic carbocycles. The summed E-state index contributed by atoms with van der Waals surface area (Å²) in [6, 6.07) is 22.1. The Morgan fingerprint density at radius 3 is 2.30 bits per heavy atom. The number of H-pyrrole nitrogens is 1. The minimum Gasteiger partial charge on any atom is -0.323 e. The zero-order chi connectivity index (χ0) is 23.0. The van der Waals surface area contributed by atoms with Crippen LogP contribution in [-0.2, 0) is 6.18 Å². The van der Waals surface area contributed by atoms with Gasteiger partial charge in [0.25, 0.3) is 0 Å². The van der Waals surface area contributed by atoms with Crippen LogP contribution >= 0.6 is 22.6 Å². The Kier molecular flexibility index (Phi) is 5.49. The van der Waals surface area contributed by atoms with Gasteiger partial charge < -0.3 is 5.32 Å². The molecule has 0 aliphatic rings. The minimum absolute atomic E-state index is 0.0255. The number of para-hydroxylation sites is 1. The summed E-state index contributed by atoms with van der Waals surface area (Å²) in [5, 5.41) is 11.2. The quantitative estimate of drug-likeness (QED) is 0.233. The van der Waals surface area contributed by atoms with Gasteiger partial charge in [0.05, 0.1) is 16.8 Å². The van der Waals surface area contributed by atoms with E-state index in [1.54, 1.807) is 12.1 Å². The molecule has 0 bridgehead atoms. The van der Waals surface area contributed by atoms with Crippen molar-refractivity contribution in [2.75, 3.05) is 5.32 Å². The van der Waals surface area contributed by atoms with Crippen molar-refractivity contribution < 1.29 is 13.2 Å². The predicted molar refractivity (Wildman–Crippen MR) is 130 cm³/mol. The number of halogens is 4. The zero-order valence-corrected chi connectivity index (χ0v) is 19.0. The molecule has 0 unspecified atom stereocenters. The van der Waals surface area contributed by atoms with Crippen molar-refractivity contribution >= 4 is 45.1 Å². The van der Waals surface area contributed by atoms with Gasteiger partial charge >= 0.3 is 6.18 Å². The van der Waals surface area contributed by atoms with Gasteiger partial charge in [0.15, 0.2) is 11.6 Å². The molecule has 0 fully saturated rings. The SMILES string of the molecule is FC(F)(F)c1ccccc1-c1nc(Nc2n[nH]c3ccccc23)cc(-c2ccccc2I)n1. The Balaban J connectivity index is 1.69. The van der Waals surface area contributed by atoms with Crippen LogP contribution in [0, 0.1) is 3.57 Å². The monoisotopic (exact) mass is 557 g/mol. The van der Waals surface area contributed by atoms with Crippen molar-refractivity contribution in [1.82, 2.24) is 20.2 Å². The summed E-state index contributed by atoms with van der Waals surface area (Å²) in [4.78, 5) is 8.95. The van der Waals surface area contributed by atoms with E-state index in [4.69, 9.17) is 0 Å². The summed E-state index contributed by atoms with van der Waals surface area (Å²) in [6.07, 6.45) is -4.54. The summed E-state index contributed by atoms with van der Waals surface area (Å²) < 4.78 is 42.1. The fourth-order valence-electron chi connectivity index (χ4n) is 3.54. The Bertz CT molecular complexity index is 1460. The maximum absolute atomic E-state index is 13.7.